The Hall–Kier alpha value is -3.39. The fourth-order valence-corrected chi connectivity index (χ4v) is 4.60. The lowest BCUT2D eigenvalue weighted by Gasteiger charge is -2.29. The van der Waals surface area contributed by atoms with Crippen molar-refractivity contribution in [2.24, 2.45) is 0 Å². The fourth-order valence-electron chi connectivity index (χ4n) is 4.60. The number of hydrogen-bond donors (Lipinski definition) is 3. The zero-order chi connectivity index (χ0) is 23.4. The van der Waals surface area contributed by atoms with E-state index in [0.717, 1.165) is 22.3 Å². The van der Waals surface area contributed by atoms with Gasteiger partial charge in [0.15, 0.2) is 0 Å². The number of benzene rings is 2. The molecule has 2 aromatic rings. The van der Waals surface area contributed by atoms with E-state index in [1.807, 2.05) is 55.5 Å². The van der Waals surface area contributed by atoms with Crippen molar-refractivity contribution in [1.82, 2.24) is 10.6 Å². The molecule has 0 radical (unpaired) electrons. The van der Waals surface area contributed by atoms with Gasteiger partial charge in [-0.05, 0) is 42.0 Å². The zero-order valence-corrected chi connectivity index (χ0v) is 18.5. The number of nitrogens with one attached hydrogen (secondary N) is 2. The van der Waals surface area contributed by atoms with Gasteiger partial charge < -0.3 is 25.2 Å². The van der Waals surface area contributed by atoms with Crippen LogP contribution < -0.4 is 10.6 Å². The summed E-state index contributed by atoms with van der Waals surface area (Å²) >= 11 is 0. The van der Waals surface area contributed by atoms with Crippen molar-refractivity contribution in [3.05, 3.63) is 59.7 Å². The Morgan fingerprint density at radius 1 is 1.09 bits per heavy atom. The van der Waals surface area contributed by atoms with E-state index in [0.29, 0.717) is 19.4 Å². The number of carbonyl (C=O) groups excluding carboxylic acids is 2. The van der Waals surface area contributed by atoms with Gasteiger partial charge in [-0.2, -0.15) is 0 Å². The molecule has 1 fully saturated rings. The molecule has 2 aliphatic rings. The van der Waals surface area contributed by atoms with Gasteiger partial charge in [-0.15, -0.1) is 0 Å². The van der Waals surface area contributed by atoms with Crippen LogP contribution in [0, 0.1) is 0 Å². The van der Waals surface area contributed by atoms with Gasteiger partial charge in [-0.3, -0.25) is 9.59 Å². The minimum atomic E-state index is -1.23. The monoisotopic (exact) mass is 452 g/mol. The van der Waals surface area contributed by atoms with Crippen molar-refractivity contribution < 1.29 is 29.0 Å². The second-order valence-corrected chi connectivity index (χ2v) is 8.53. The molecule has 1 aliphatic carbocycles. The average Bonchev–Trinajstić information content (AvgIpc) is 3.11. The van der Waals surface area contributed by atoms with E-state index in [2.05, 4.69) is 10.6 Å². The maximum absolute atomic E-state index is 12.7. The number of fused-ring (bicyclic) bond motifs is 3. The molecule has 0 aromatic heterocycles. The van der Waals surface area contributed by atoms with Crippen LogP contribution in [0.2, 0.25) is 0 Å². The third-order valence-electron chi connectivity index (χ3n) is 6.16. The van der Waals surface area contributed by atoms with E-state index in [9.17, 15) is 19.5 Å². The lowest BCUT2D eigenvalue weighted by Crippen LogP contribution is -2.52. The van der Waals surface area contributed by atoms with Crippen molar-refractivity contribution in [2.75, 3.05) is 13.2 Å². The van der Waals surface area contributed by atoms with Gasteiger partial charge in [0.25, 0.3) is 0 Å². The maximum atomic E-state index is 12.7. The standard InChI is InChI=1S/C25H28N2O6/c1-15-12-16(10-11-32-15)26-24(30)22(13-23(28)29)27-25(31)33-14-21-19-8-4-2-6-17(19)18-7-3-5-9-20(18)21/h2-9,15-16,21-22H,10-14H2,1H3,(H,26,30)(H,27,31)(H,28,29). The molecular weight excluding hydrogens is 424 g/mol. The quantitative estimate of drug-likeness (QED) is 0.595. The molecule has 3 atom stereocenters. The summed E-state index contributed by atoms with van der Waals surface area (Å²) in [6.07, 6.45) is -0.0674. The zero-order valence-electron chi connectivity index (χ0n) is 18.5. The van der Waals surface area contributed by atoms with Crippen molar-refractivity contribution in [3.8, 4) is 11.1 Å². The molecule has 33 heavy (non-hydrogen) atoms. The summed E-state index contributed by atoms with van der Waals surface area (Å²) in [5.74, 6) is -1.85. The Morgan fingerprint density at radius 3 is 2.33 bits per heavy atom. The van der Waals surface area contributed by atoms with E-state index in [-0.39, 0.29) is 24.7 Å². The lowest BCUT2D eigenvalue weighted by molar-refractivity contribution is -0.140. The molecule has 0 saturated carbocycles. The average molecular weight is 453 g/mol. The highest BCUT2D eigenvalue weighted by Gasteiger charge is 2.31. The van der Waals surface area contributed by atoms with Crippen molar-refractivity contribution in [1.29, 1.82) is 0 Å². The first-order valence-electron chi connectivity index (χ1n) is 11.2. The Balaban J connectivity index is 1.39. The van der Waals surface area contributed by atoms with Crippen molar-refractivity contribution in [2.45, 2.75) is 50.3 Å². The molecule has 4 rings (SSSR count). The number of carboxylic acids is 1. The van der Waals surface area contributed by atoms with Crippen LogP contribution in [-0.2, 0) is 19.1 Å². The SMILES string of the molecule is CC1CC(NC(=O)C(CC(=O)O)NC(=O)OCC2c3ccccc3-c3ccccc32)CCO1. The number of ether oxygens (including phenoxy) is 2. The molecule has 3 N–H and O–H groups in total. The number of aliphatic carboxylic acids is 1. The van der Waals surface area contributed by atoms with Gasteiger partial charge in [-0.25, -0.2) is 4.79 Å². The minimum Gasteiger partial charge on any atom is -0.481 e. The lowest BCUT2D eigenvalue weighted by atomic mass is 9.98. The van der Waals surface area contributed by atoms with Crippen LogP contribution in [0.25, 0.3) is 11.1 Å². The Bertz CT molecular complexity index is 994. The highest BCUT2D eigenvalue weighted by atomic mass is 16.5. The topological polar surface area (TPSA) is 114 Å². The minimum absolute atomic E-state index is 0.0112. The third-order valence-corrected chi connectivity index (χ3v) is 6.16. The van der Waals surface area contributed by atoms with Crippen LogP contribution in [0.1, 0.15) is 43.2 Å². The molecule has 2 amide bonds. The van der Waals surface area contributed by atoms with Gasteiger partial charge in [0, 0.05) is 18.6 Å². The fraction of sp³-hybridized carbons (Fsp3) is 0.400. The molecule has 174 valence electrons. The van der Waals surface area contributed by atoms with Gasteiger partial charge in [0.1, 0.15) is 12.6 Å². The van der Waals surface area contributed by atoms with Gasteiger partial charge >= 0.3 is 12.1 Å². The molecular formula is C25H28N2O6. The van der Waals surface area contributed by atoms with E-state index < -0.39 is 30.4 Å². The Morgan fingerprint density at radius 2 is 1.73 bits per heavy atom. The number of carbonyl (C=O) groups is 3. The van der Waals surface area contributed by atoms with Crippen LogP contribution in [0.4, 0.5) is 4.79 Å². The third kappa shape index (κ3) is 5.34. The van der Waals surface area contributed by atoms with Crippen LogP contribution >= 0.6 is 0 Å². The Kier molecular flexibility index (Phi) is 6.93. The van der Waals surface area contributed by atoms with E-state index in [1.54, 1.807) is 0 Å². The molecule has 8 heteroatoms. The first-order chi connectivity index (χ1) is 15.9. The molecule has 3 unspecified atom stereocenters. The summed E-state index contributed by atoms with van der Waals surface area (Å²) < 4.78 is 10.9. The maximum Gasteiger partial charge on any atom is 0.407 e. The van der Waals surface area contributed by atoms with E-state index in [4.69, 9.17) is 9.47 Å². The highest BCUT2D eigenvalue weighted by Crippen LogP contribution is 2.44. The summed E-state index contributed by atoms with van der Waals surface area (Å²) in [5, 5.41) is 14.5. The number of carboxylic acid groups (broad SMARTS) is 1. The first kappa shape index (κ1) is 22.8. The van der Waals surface area contributed by atoms with Crippen LogP contribution in [0.3, 0.4) is 0 Å². The van der Waals surface area contributed by atoms with E-state index >= 15 is 0 Å². The largest absolute Gasteiger partial charge is 0.481 e. The summed E-state index contributed by atoms with van der Waals surface area (Å²) in [5.41, 5.74) is 4.35. The molecule has 1 aliphatic heterocycles. The number of rotatable bonds is 7. The second kappa shape index (κ2) is 10.0. The van der Waals surface area contributed by atoms with Crippen molar-refractivity contribution >= 4 is 18.0 Å². The van der Waals surface area contributed by atoms with Crippen LogP contribution in [-0.4, -0.2) is 54.5 Å². The van der Waals surface area contributed by atoms with Crippen LogP contribution in [0.5, 0.6) is 0 Å². The normalized spacial score (nSPS) is 20.3. The summed E-state index contributed by atoms with van der Waals surface area (Å²) in [6, 6.07) is 14.6. The van der Waals surface area contributed by atoms with E-state index in [1.165, 1.54) is 0 Å². The summed E-state index contributed by atoms with van der Waals surface area (Å²) in [6.45, 7) is 2.52. The van der Waals surface area contributed by atoms with Crippen LogP contribution in [0.15, 0.2) is 48.5 Å². The highest BCUT2D eigenvalue weighted by molar-refractivity contribution is 5.89. The Labute approximate surface area is 192 Å². The molecule has 0 bridgehead atoms. The number of alkyl carbamates (subject to hydrolysis) is 1. The van der Waals surface area contributed by atoms with Gasteiger partial charge in [0.2, 0.25) is 5.91 Å². The van der Waals surface area contributed by atoms with Gasteiger partial charge in [0.05, 0.1) is 12.5 Å². The second-order valence-electron chi connectivity index (χ2n) is 8.53. The number of amides is 2. The predicted octanol–water partition coefficient (Wildman–Crippen LogP) is 3.05. The van der Waals surface area contributed by atoms with Gasteiger partial charge in [-0.1, -0.05) is 48.5 Å². The molecule has 0 spiro atoms. The summed E-state index contributed by atoms with van der Waals surface area (Å²) in [7, 11) is 0. The molecule has 2 aromatic carbocycles. The smallest absolute Gasteiger partial charge is 0.407 e. The number of hydrogen-bond acceptors (Lipinski definition) is 5. The summed E-state index contributed by atoms with van der Waals surface area (Å²) in [4.78, 5) is 36.5. The predicted molar refractivity (Wildman–Crippen MR) is 121 cm³/mol. The first-order valence-corrected chi connectivity index (χ1v) is 11.2. The molecule has 1 heterocycles. The van der Waals surface area contributed by atoms with Crippen molar-refractivity contribution in [3.63, 3.8) is 0 Å². The molecule has 8 nitrogen and oxygen atoms in total. The molecule has 1 saturated heterocycles.